The van der Waals surface area contributed by atoms with E-state index in [4.69, 9.17) is 31.4 Å². The van der Waals surface area contributed by atoms with Gasteiger partial charge < -0.3 is 24.8 Å². The number of benzene rings is 2. The fourth-order valence-corrected chi connectivity index (χ4v) is 12.9. The van der Waals surface area contributed by atoms with Crippen LogP contribution in [0.1, 0.15) is 119 Å². The molecule has 2 aromatic carbocycles. The number of piperidine rings is 1. The lowest BCUT2D eigenvalue weighted by Gasteiger charge is -2.63. The van der Waals surface area contributed by atoms with Gasteiger partial charge in [-0.05, 0) is 92.2 Å². The number of halogens is 3. The van der Waals surface area contributed by atoms with Crippen molar-refractivity contribution < 1.29 is 27.8 Å². The molecule has 1 N–H and O–H groups in total. The minimum Gasteiger partial charge on any atom is -0.489 e. The Hall–Kier alpha value is -6.21. The number of amidine groups is 1. The Kier molecular flexibility index (Phi) is 12.3. The van der Waals surface area contributed by atoms with Gasteiger partial charge in [0, 0.05) is 110 Å². The number of nitrogens with one attached hydrogen (secondary N) is 1. The molecular weight excluding hydrogens is 912 g/mol. The predicted molar refractivity (Wildman–Crippen MR) is 264 cm³/mol. The lowest BCUT2D eigenvalue weighted by molar-refractivity contribution is -0.479. The van der Waals surface area contributed by atoms with Gasteiger partial charge in [-0.1, -0.05) is 44.0 Å². The third-order valence-corrected chi connectivity index (χ3v) is 16.4. The largest absolute Gasteiger partial charge is 0.489 e. The van der Waals surface area contributed by atoms with Gasteiger partial charge in [-0.25, -0.2) is 18.7 Å². The van der Waals surface area contributed by atoms with Gasteiger partial charge in [-0.15, -0.1) is 0 Å². The zero-order valence-electron chi connectivity index (χ0n) is 40.8. The maximum atomic E-state index is 14.8. The number of fused-ring (bicyclic) bond motifs is 1. The van der Waals surface area contributed by atoms with Crippen LogP contribution in [-0.2, 0) is 18.3 Å². The van der Waals surface area contributed by atoms with Gasteiger partial charge in [-0.3, -0.25) is 14.3 Å². The number of anilines is 2. The molecule has 2 amide bonds. The van der Waals surface area contributed by atoms with Crippen LogP contribution in [0.2, 0.25) is 5.02 Å². The van der Waals surface area contributed by atoms with E-state index in [0.29, 0.717) is 70.9 Å². The second kappa shape index (κ2) is 18.2. The summed E-state index contributed by atoms with van der Waals surface area (Å²) in [7, 11) is 1.78. The molecular formula is C53H61ClF2N11O3+. The SMILES string of the molecule is CC(=O)N1CCC2=C(C1)C(N1CCCc3cc(-c4cnn(C)c4)c(C(F)F)cc31)=N/[N+]2=C\C1CCC2(CCCN(c3ncc(C(=O)NC4C(C)(C)C(Oc5ccc(C#N)c(Cl)c5)C4(C)C)cn3)C2)CC1. The van der Waals surface area contributed by atoms with Crippen LogP contribution in [0.4, 0.5) is 20.4 Å². The third kappa shape index (κ3) is 8.62. The molecule has 2 aromatic heterocycles. The Morgan fingerprint density at radius 3 is 2.43 bits per heavy atom. The van der Waals surface area contributed by atoms with Gasteiger partial charge in [0.15, 0.2) is 6.21 Å². The van der Waals surface area contributed by atoms with Crippen LogP contribution in [-0.4, -0.2) is 98.1 Å². The van der Waals surface area contributed by atoms with Crippen molar-refractivity contribution in [2.24, 2.45) is 34.3 Å². The number of hydrazone groups is 1. The molecule has 366 valence electrons. The van der Waals surface area contributed by atoms with Crippen molar-refractivity contribution in [2.45, 2.75) is 111 Å². The number of rotatable bonds is 8. The van der Waals surface area contributed by atoms with Crippen molar-refractivity contribution in [1.82, 2.24) is 30.0 Å². The molecule has 70 heavy (non-hydrogen) atoms. The van der Waals surface area contributed by atoms with Crippen molar-refractivity contribution in [2.75, 3.05) is 42.5 Å². The number of carbonyl (C=O) groups is 2. The third-order valence-electron chi connectivity index (χ3n) is 16.1. The summed E-state index contributed by atoms with van der Waals surface area (Å²) in [6.45, 7) is 13.3. The van der Waals surface area contributed by atoms with Gasteiger partial charge in [-0.2, -0.15) is 10.4 Å². The highest BCUT2D eigenvalue weighted by atomic mass is 35.5. The fourth-order valence-electron chi connectivity index (χ4n) is 12.7. The molecule has 17 heteroatoms. The number of aryl methyl sites for hydroxylation is 2. The molecule has 4 aliphatic heterocycles. The molecule has 0 bridgehead atoms. The van der Waals surface area contributed by atoms with Crippen molar-refractivity contribution in [3.05, 3.63) is 93.7 Å². The van der Waals surface area contributed by atoms with E-state index in [1.807, 2.05) is 11.0 Å². The summed E-state index contributed by atoms with van der Waals surface area (Å²) < 4.78 is 39.7. The van der Waals surface area contributed by atoms with Crippen LogP contribution in [0.3, 0.4) is 0 Å². The molecule has 14 nitrogen and oxygen atoms in total. The Labute approximate surface area is 413 Å². The minimum absolute atomic E-state index is 0.00576. The average molecular weight is 974 g/mol. The summed E-state index contributed by atoms with van der Waals surface area (Å²) in [4.78, 5) is 42.1. The molecule has 0 radical (unpaired) electrons. The minimum atomic E-state index is -2.67. The van der Waals surface area contributed by atoms with Crippen LogP contribution in [0.5, 0.6) is 5.75 Å². The molecule has 6 aliphatic rings. The van der Waals surface area contributed by atoms with E-state index in [1.165, 1.54) is 0 Å². The Morgan fingerprint density at radius 2 is 1.76 bits per heavy atom. The summed E-state index contributed by atoms with van der Waals surface area (Å²) in [6, 6.07) is 10.5. The molecule has 2 saturated carbocycles. The molecule has 4 aromatic rings. The van der Waals surface area contributed by atoms with Crippen LogP contribution >= 0.6 is 11.6 Å². The molecule has 1 saturated heterocycles. The monoisotopic (exact) mass is 972 g/mol. The average Bonchev–Trinajstić information content (AvgIpc) is 3.95. The summed E-state index contributed by atoms with van der Waals surface area (Å²) in [5.74, 6) is 2.02. The second-order valence-electron chi connectivity index (χ2n) is 21.5. The first-order chi connectivity index (χ1) is 33.4. The number of amides is 2. The number of hydrogen-bond acceptors (Lipinski definition) is 10. The lowest BCUT2D eigenvalue weighted by Crippen LogP contribution is -2.74. The van der Waals surface area contributed by atoms with Gasteiger partial charge in [0.1, 0.15) is 17.9 Å². The normalized spacial score (nSPS) is 23.2. The number of aromatic nitrogens is 4. The number of alkyl halides is 2. The number of ether oxygens (including phenoxy) is 1. The van der Waals surface area contributed by atoms with Gasteiger partial charge in [0.2, 0.25) is 23.4 Å². The lowest BCUT2D eigenvalue weighted by atomic mass is 9.49. The maximum absolute atomic E-state index is 14.8. The van der Waals surface area contributed by atoms with E-state index >= 15 is 0 Å². The number of hydrogen-bond donors (Lipinski definition) is 1. The maximum Gasteiger partial charge on any atom is 0.264 e. The highest BCUT2D eigenvalue weighted by Crippen LogP contribution is 2.56. The Balaban J connectivity index is 0.809. The highest BCUT2D eigenvalue weighted by Gasteiger charge is 2.64. The highest BCUT2D eigenvalue weighted by molar-refractivity contribution is 6.31. The number of nitriles is 1. The standard InChI is InChI=1S/C53H60ClF2N11O3/c1-32(68)64-20-14-43-41(30-64)46(66-19-7-9-34-21-39(37-27-60-63(6)29-37)40(45(55)56)23-44(34)66)62-67(43)28-33-12-16-53(17-13-33)15-8-18-65(31-53)50-58-25-36(26-59-50)47(69)61-48-51(2,3)49(52(48,4)5)70-38-11-10-35(24-57)42(54)22-38/h10-11,21-23,25-29,33,45,48-49H,7-9,12-20,30-31H2,1-6H3/p+1/b67-28-. The van der Waals surface area contributed by atoms with E-state index in [1.54, 1.807) is 67.7 Å². The number of nitrogens with zero attached hydrogens (tertiary/aromatic N) is 10. The van der Waals surface area contributed by atoms with Gasteiger partial charge in [0.25, 0.3) is 12.3 Å². The molecule has 10 rings (SSSR count). The quantitative estimate of drug-likeness (QED) is 0.171. The molecule has 0 atom stereocenters. The van der Waals surface area contributed by atoms with Crippen molar-refractivity contribution in [3.63, 3.8) is 0 Å². The van der Waals surface area contributed by atoms with Gasteiger partial charge in [0.05, 0.1) is 40.9 Å². The van der Waals surface area contributed by atoms with E-state index in [9.17, 15) is 23.6 Å². The Morgan fingerprint density at radius 1 is 1.00 bits per heavy atom. The van der Waals surface area contributed by atoms with E-state index in [2.05, 4.69) is 64.9 Å². The van der Waals surface area contributed by atoms with E-state index in [0.717, 1.165) is 92.8 Å². The second-order valence-corrected chi connectivity index (χ2v) is 21.9. The number of carbonyl (C=O) groups excluding carboxylic acids is 2. The molecule has 1 spiro atoms. The molecule has 2 aliphatic carbocycles. The van der Waals surface area contributed by atoms with Crippen molar-refractivity contribution in [3.8, 4) is 22.9 Å². The van der Waals surface area contributed by atoms with Crippen molar-refractivity contribution >= 4 is 47.1 Å². The van der Waals surface area contributed by atoms with Crippen molar-refractivity contribution in [1.29, 1.82) is 5.26 Å². The van der Waals surface area contributed by atoms with Crippen LogP contribution in [0.15, 0.2) is 71.5 Å². The Bertz CT molecular complexity index is 2860. The van der Waals surface area contributed by atoms with E-state index in [-0.39, 0.29) is 34.9 Å². The first kappa shape index (κ1) is 47.5. The summed E-state index contributed by atoms with van der Waals surface area (Å²) in [6.07, 6.45) is 14.6. The first-order valence-electron chi connectivity index (χ1n) is 24.6. The zero-order valence-corrected chi connectivity index (χ0v) is 41.6. The molecule has 6 heterocycles. The topological polar surface area (TPSA) is 148 Å². The molecule has 3 fully saturated rings. The summed E-state index contributed by atoms with van der Waals surface area (Å²) in [5, 5.41) is 22.4. The van der Waals surface area contributed by atoms with Crippen LogP contribution < -0.4 is 19.9 Å². The van der Waals surface area contributed by atoms with E-state index < -0.39 is 17.3 Å². The summed E-state index contributed by atoms with van der Waals surface area (Å²) >= 11 is 6.29. The van der Waals surface area contributed by atoms with Gasteiger partial charge >= 0.3 is 0 Å². The first-order valence-corrected chi connectivity index (χ1v) is 25.0. The predicted octanol–water partition coefficient (Wildman–Crippen LogP) is 9.10. The zero-order chi connectivity index (χ0) is 49.3. The smallest absolute Gasteiger partial charge is 0.264 e. The van der Waals surface area contributed by atoms with Crippen LogP contribution in [0, 0.1) is 33.5 Å². The molecule has 0 unspecified atom stereocenters. The van der Waals surface area contributed by atoms with Crippen LogP contribution in [0.25, 0.3) is 11.1 Å². The fraction of sp³-hybridized carbons (Fsp3) is 0.509. The summed E-state index contributed by atoms with van der Waals surface area (Å²) in [5.41, 5.74) is 5.06.